The van der Waals surface area contributed by atoms with Crippen LogP contribution in [0.1, 0.15) is 74.9 Å². The number of amides is 1. The summed E-state index contributed by atoms with van der Waals surface area (Å²) in [5.41, 5.74) is 2.59. The quantitative estimate of drug-likeness (QED) is 0.488. The molecule has 0 aliphatic rings. The van der Waals surface area contributed by atoms with Crippen LogP contribution in [0.5, 0.6) is 5.75 Å². The summed E-state index contributed by atoms with van der Waals surface area (Å²) < 4.78 is 5.60. The Morgan fingerprint density at radius 1 is 0.844 bits per heavy atom. The summed E-state index contributed by atoms with van der Waals surface area (Å²) in [6.45, 7) is 5.55. The highest BCUT2D eigenvalue weighted by molar-refractivity contribution is 6.11. The summed E-state index contributed by atoms with van der Waals surface area (Å²) in [6, 6.07) is 19.9. The van der Waals surface area contributed by atoms with Gasteiger partial charge in [0, 0.05) is 22.3 Å². The lowest BCUT2D eigenvalue weighted by molar-refractivity contribution is 0.0853. The third-order valence-corrected chi connectivity index (χ3v) is 5.38. The largest absolute Gasteiger partial charge is 0.496 e. The molecule has 3 rings (SSSR count). The third-order valence-electron chi connectivity index (χ3n) is 5.38. The molecule has 1 N–H and O–H groups in total. The van der Waals surface area contributed by atoms with Crippen molar-refractivity contribution in [2.45, 2.75) is 32.7 Å². The smallest absolute Gasteiger partial charge is 0.252 e. The number of rotatable bonds is 8. The molecule has 5 nitrogen and oxygen atoms in total. The summed E-state index contributed by atoms with van der Waals surface area (Å²) in [6.07, 6.45) is 0. The van der Waals surface area contributed by atoms with Crippen molar-refractivity contribution in [3.63, 3.8) is 0 Å². The topological polar surface area (TPSA) is 72.5 Å². The molecule has 1 amide bonds. The molecule has 0 aliphatic heterocycles. The van der Waals surface area contributed by atoms with Gasteiger partial charge in [-0.3, -0.25) is 14.4 Å². The lowest BCUT2D eigenvalue weighted by atomic mass is 9.90. The summed E-state index contributed by atoms with van der Waals surface area (Å²) in [5.74, 6) is -0.216. The Kier molecular flexibility index (Phi) is 7.21. The minimum atomic E-state index is -1.03. The number of benzene rings is 3. The molecule has 3 aromatic carbocycles. The van der Waals surface area contributed by atoms with E-state index in [1.54, 1.807) is 54.6 Å². The van der Waals surface area contributed by atoms with Crippen molar-refractivity contribution in [3.05, 3.63) is 101 Å². The first kappa shape index (κ1) is 22.9. The van der Waals surface area contributed by atoms with Crippen LogP contribution in [-0.4, -0.2) is 24.6 Å². The number of hydrogen-bond donors (Lipinski definition) is 1. The lowest BCUT2D eigenvalue weighted by Gasteiger charge is -2.22. The van der Waals surface area contributed by atoms with Gasteiger partial charge in [-0.25, -0.2) is 0 Å². The van der Waals surface area contributed by atoms with E-state index in [2.05, 4.69) is 19.2 Å². The number of carbonyl (C=O) groups excluding carboxylic acids is 3. The van der Waals surface area contributed by atoms with Gasteiger partial charge in [0.1, 0.15) is 11.8 Å². The third kappa shape index (κ3) is 4.94. The van der Waals surface area contributed by atoms with E-state index in [-0.39, 0.29) is 29.0 Å². The Labute approximate surface area is 188 Å². The Morgan fingerprint density at radius 3 is 2.06 bits per heavy atom. The van der Waals surface area contributed by atoms with Crippen LogP contribution in [0.25, 0.3) is 0 Å². The number of ether oxygens (including phenoxy) is 1. The number of nitrogens with one attached hydrogen (secondary N) is 1. The molecule has 164 valence electrons. The predicted octanol–water partition coefficient (Wildman–Crippen LogP) is 5.38. The van der Waals surface area contributed by atoms with Crippen molar-refractivity contribution in [1.82, 2.24) is 5.32 Å². The van der Waals surface area contributed by atoms with Gasteiger partial charge in [0.15, 0.2) is 11.6 Å². The molecule has 0 saturated heterocycles. The molecule has 1 atom stereocenters. The molecule has 0 fully saturated rings. The van der Waals surface area contributed by atoms with Crippen molar-refractivity contribution in [3.8, 4) is 5.75 Å². The van der Waals surface area contributed by atoms with Gasteiger partial charge in [-0.1, -0.05) is 68.4 Å². The number of Topliss-reactive ketones (excluding diaryl/α,β-unsaturated/α-hetero) is 2. The molecule has 0 radical (unpaired) electrons. The zero-order chi connectivity index (χ0) is 23.3. The zero-order valence-corrected chi connectivity index (χ0v) is 18.7. The highest BCUT2D eigenvalue weighted by atomic mass is 16.5. The van der Waals surface area contributed by atoms with Crippen LogP contribution in [-0.2, 0) is 0 Å². The van der Waals surface area contributed by atoms with Crippen LogP contribution in [0.15, 0.2) is 72.8 Å². The standard InChI is InChI=1S/C27H27NO4/c1-17(2)20-14-15-23(24(16-20)32-4)25(28-27(31)19-10-6-5-7-11-19)26(30)22-13-9-8-12-21(22)18(3)29/h5-17,25H,1-4H3,(H,28,31). The minimum absolute atomic E-state index is 0.218. The number of methoxy groups -OCH3 is 1. The Bertz CT molecular complexity index is 1140. The van der Waals surface area contributed by atoms with Crippen molar-refractivity contribution >= 4 is 17.5 Å². The lowest BCUT2D eigenvalue weighted by Crippen LogP contribution is -2.34. The van der Waals surface area contributed by atoms with Crippen LogP contribution in [0, 0.1) is 0 Å². The van der Waals surface area contributed by atoms with E-state index >= 15 is 0 Å². The molecule has 3 aromatic rings. The molecule has 0 spiro atoms. The van der Waals surface area contributed by atoms with Gasteiger partial charge in [0.25, 0.3) is 5.91 Å². The zero-order valence-electron chi connectivity index (χ0n) is 18.7. The summed E-state index contributed by atoms with van der Waals surface area (Å²) in [5, 5.41) is 2.86. The first-order chi connectivity index (χ1) is 15.3. The van der Waals surface area contributed by atoms with E-state index in [0.29, 0.717) is 22.4 Å². The van der Waals surface area contributed by atoms with Crippen LogP contribution < -0.4 is 10.1 Å². The van der Waals surface area contributed by atoms with E-state index in [9.17, 15) is 14.4 Å². The second kappa shape index (κ2) is 10.1. The molecule has 5 heteroatoms. The maximum Gasteiger partial charge on any atom is 0.252 e. The highest BCUT2D eigenvalue weighted by Gasteiger charge is 2.29. The van der Waals surface area contributed by atoms with E-state index < -0.39 is 6.04 Å². The van der Waals surface area contributed by atoms with Gasteiger partial charge in [-0.2, -0.15) is 0 Å². The number of ketones is 2. The summed E-state index contributed by atoms with van der Waals surface area (Å²) >= 11 is 0. The van der Waals surface area contributed by atoms with Gasteiger partial charge in [0.05, 0.1) is 7.11 Å². The molecule has 32 heavy (non-hydrogen) atoms. The Hall–Kier alpha value is -3.73. The van der Waals surface area contributed by atoms with Crippen LogP contribution in [0.2, 0.25) is 0 Å². The molecular formula is C27H27NO4. The fourth-order valence-corrected chi connectivity index (χ4v) is 3.57. The number of carbonyl (C=O) groups is 3. The highest BCUT2D eigenvalue weighted by Crippen LogP contribution is 2.32. The molecular weight excluding hydrogens is 402 g/mol. The molecule has 0 aliphatic carbocycles. The van der Waals surface area contributed by atoms with E-state index in [0.717, 1.165) is 5.56 Å². The average Bonchev–Trinajstić information content (AvgIpc) is 2.82. The second-order valence-electron chi connectivity index (χ2n) is 7.89. The van der Waals surface area contributed by atoms with E-state index in [1.165, 1.54) is 14.0 Å². The SMILES string of the molecule is COc1cc(C(C)C)ccc1C(NC(=O)c1ccccc1)C(=O)c1ccccc1C(C)=O. The van der Waals surface area contributed by atoms with Gasteiger partial charge >= 0.3 is 0 Å². The molecule has 0 saturated carbocycles. The van der Waals surface area contributed by atoms with Crippen LogP contribution in [0.3, 0.4) is 0 Å². The Balaban J connectivity index is 2.11. The van der Waals surface area contributed by atoms with E-state index in [4.69, 9.17) is 4.74 Å². The second-order valence-corrected chi connectivity index (χ2v) is 7.89. The molecule has 1 unspecified atom stereocenters. The minimum Gasteiger partial charge on any atom is -0.496 e. The molecule has 0 bridgehead atoms. The van der Waals surface area contributed by atoms with Gasteiger partial charge in [-0.05, 0) is 36.6 Å². The average molecular weight is 430 g/mol. The fraction of sp³-hybridized carbons (Fsp3) is 0.222. The van der Waals surface area contributed by atoms with Crippen molar-refractivity contribution in [2.75, 3.05) is 7.11 Å². The normalized spacial score (nSPS) is 11.7. The van der Waals surface area contributed by atoms with Crippen molar-refractivity contribution < 1.29 is 19.1 Å². The van der Waals surface area contributed by atoms with Gasteiger partial charge < -0.3 is 10.1 Å². The fourth-order valence-electron chi connectivity index (χ4n) is 3.57. The first-order valence-corrected chi connectivity index (χ1v) is 10.5. The number of hydrogen-bond acceptors (Lipinski definition) is 4. The molecule has 0 heterocycles. The maximum atomic E-state index is 13.7. The summed E-state index contributed by atoms with van der Waals surface area (Å²) in [7, 11) is 1.53. The van der Waals surface area contributed by atoms with Crippen LogP contribution >= 0.6 is 0 Å². The van der Waals surface area contributed by atoms with Gasteiger partial charge in [0.2, 0.25) is 0 Å². The first-order valence-electron chi connectivity index (χ1n) is 10.5. The Morgan fingerprint density at radius 2 is 1.47 bits per heavy atom. The van der Waals surface area contributed by atoms with Crippen molar-refractivity contribution in [2.24, 2.45) is 0 Å². The maximum absolute atomic E-state index is 13.7. The monoisotopic (exact) mass is 429 g/mol. The molecule has 0 aromatic heterocycles. The van der Waals surface area contributed by atoms with E-state index in [1.807, 2.05) is 18.2 Å². The van der Waals surface area contributed by atoms with Gasteiger partial charge in [-0.15, -0.1) is 0 Å². The predicted molar refractivity (Wildman–Crippen MR) is 125 cm³/mol. The van der Waals surface area contributed by atoms with Crippen LogP contribution in [0.4, 0.5) is 0 Å². The van der Waals surface area contributed by atoms with Crippen molar-refractivity contribution in [1.29, 1.82) is 0 Å². The summed E-state index contributed by atoms with van der Waals surface area (Å²) in [4.78, 5) is 38.8.